The lowest BCUT2D eigenvalue weighted by Crippen LogP contribution is -2.34. The minimum absolute atomic E-state index is 0.126. The maximum atomic E-state index is 13.2. The number of alkyl halides is 4. The number of aliphatic carboxylic acids is 1. The number of amides is 1. The van der Waals surface area contributed by atoms with Gasteiger partial charge in [-0.2, -0.15) is 13.2 Å². The van der Waals surface area contributed by atoms with Crippen LogP contribution in [0.4, 0.5) is 34.8 Å². The Labute approximate surface area is 218 Å². The van der Waals surface area contributed by atoms with E-state index in [2.05, 4.69) is 31.3 Å². The molecule has 12 nitrogen and oxygen atoms in total. The fourth-order valence-corrected chi connectivity index (χ4v) is 4.04. The highest BCUT2D eigenvalue weighted by Gasteiger charge is 2.39. The second-order valence-electron chi connectivity index (χ2n) is 8.95. The minimum Gasteiger partial charge on any atom is -0.475 e. The van der Waals surface area contributed by atoms with Gasteiger partial charge in [-0.1, -0.05) is 0 Å². The second kappa shape index (κ2) is 11.3. The summed E-state index contributed by atoms with van der Waals surface area (Å²) in [5.41, 5.74) is 1.55. The molecule has 3 aromatic heterocycles. The van der Waals surface area contributed by atoms with E-state index in [1.54, 1.807) is 23.7 Å². The summed E-state index contributed by atoms with van der Waals surface area (Å²) in [6.45, 7) is 1.77. The molecule has 0 aromatic carbocycles. The van der Waals surface area contributed by atoms with E-state index in [1.165, 1.54) is 10.7 Å². The quantitative estimate of drug-likeness (QED) is 0.288. The van der Waals surface area contributed by atoms with Crippen molar-refractivity contribution in [3.05, 3.63) is 46.6 Å². The Bertz CT molecular complexity index is 1420. The van der Waals surface area contributed by atoms with Crippen LogP contribution in [0.5, 0.6) is 0 Å². The van der Waals surface area contributed by atoms with Gasteiger partial charge < -0.3 is 30.9 Å². The highest BCUT2D eigenvalue weighted by molar-refractivity contribution is 5.94. The third-order valence-electron chi connectivity index (χ3n) is 6.18. The molecule has 0 radical (unpaired) electrons. The molecule has 39 heavy (non-hydrogen) atoms. The molecule has 1 aliphatic heterocycles. The molecule has 0 spiro atoms. The molecule has 210 valence electrons. The number of anilines is 3. The van der Waals surface area contributed by atoms with Crippen LogP contribution in [0.1, 0.15) is 35.8 Å². The Morgan fingerprint density at radius 2 is 1.87 bits per heavy atom. The number of aromatic nitrogens is 4. The predicted molar refractivity (Wildman–Crippen MR) is 132 cm³/mol. The SMILES string of the molecule is CNc1cc(Nc2cccn(C3CCNCC3)c2=O)nn2c(C(=O)N[C@@H]3C[C@@H]3F)cnc12.O=C(O)C(F)(F)F. The first kappa shape index (κ1) is 27.8. The molecule has 0 bridgehead atoms. The van der Waals surface area contributed by atoms with Crippen molar-refractivity contribution in [3.8, 4) is 0 Å². The molecule has 1 aliphatic carbocycles. The topological polar surface area (TPSA) is 155 Å². The Hall–Kier alpha value is -4.21. The van der Waals surface area contributed by atoms with E-state index in [9.17, 15) is 27.2 Å². The summed E-state index contributed by atoms with van der Waals surface area (Å²) in [6, 6.07) is 4.96. The molecule has 5 N–H and O–H groups in total. The number of carbonyl (C=O) groups is 2. The summed E-state index contributed by atoms with van der Waals surface area (Å²) in [6.07, 6.45) is -0.756. The normalized spacial score (nSPS) is 19.1. The zero-order valence-electron chi connectivity index (χ0n) is 20.6. The molecule has 2 aliphatic rings. The molecule has 2 atom stereocenters. The van der Waals surface area contributed by atoms with Gasteiger partial charge in [0.25, 0.3) is 11.5 Å². The third-order valence-corrected chi connectivity index (χ3v) is 6.18. The number of halogens is 4. The summed E-state index contributed by atoms with van der Waals surface area (Å²) in [5.74, 6) is -2.82. The number of nitrogens with zero attached hydrogens (tertiary/aromatic N) is 4. The zero-order chi connectivity index (χ0) is 28.3. The van der Waals surface area contributed by atoms with E-state index < -0.39 is 30.3 Å². The van der Waals surface area contributed by atoms with Crippen molar-refractivity contribution >= 4 is 34.7 Å². The van der Waals surface area contributed by atoms with E-state index in [0.717, 1.165) is 25.9 Å². The number of rotatable bonds is 6. The van der Waals surface area contributed by atoms with Gasteiger partial charge in [-0.25, -0.2) is 18.7 Å². The van der Waals surface area contributed by atoms with Crippen molar-refractivity contribution < 1.29 is 32.3 Å². The standard InChI is InChI=1S/C21H25FN8O2.C2HF3O2/c1-23-16-10-18(26-14-3-2-8-29(21(14)32)12-4-6-24-7-5-12)28-30-17(11-25-19(16)30)20(31)27-15-9-13(15)22;3-2(4,5)1(6)7/h2-3,8,10-13,15,23-24H,4-7,9H2,1H3,(H,26,28)(H,27,31);(H,6,7)/t13-,15+;/m0./s1. The summed E-state index contributed by atoms with van der Waals surface area (Å²) in [4.78, 5) is 38.9. The Morgan fingerprint density at radius 1 is 1.21 bits per heavy atom. The average molecular weight is 555 g/mol. The van der Waals surface area contributed by atoms with Crippen LogP contribution in [0.15, 0.2) is 35.4 Å². The molecular weight excluding hydrogens is 528 g/mol. The van der Waals surface area contributed by atoms with Crippen molar-refractivity contribution in [3.63, 3.8) is 0 Å². The molecule has 1 amide bonds. The molecule has 0 unspecified atom stereocenters. The van der Waals surface area contributed by atoms with Crippen LogP contribution in [-0.4, -0.2) is 74.7 Å². The van der Waals surface area contributed by atoms with Crippen LogP contribution in [0, 0.1) is 0 Å². The lowest BCUT2D eigenvalue weighted by molar-refractivity contribution is -0.192. The molecule has 3 aromatic rings. The highest BCUT2D eigenvalue weighted by Crippen LogP contribution is 2.26. The smallest absolute Gasteiger partial charge is 0.475 e. The molecular formula is C23H26F4N8O4. The van der Waals surface area contributed by atoms with Crippen LogP contribution >= 0.6 is 0 Å². The van der Waals surface area contributed by atoms with Crippen molar-refractivity contribution in [2.45, 2.75) is 43.7 Å². The Balaban J connectivity index is 0.000000448. The first-order valence-corrected chi connectivity index (χ1v) is 12.0. The van der Waals surface area contributed by atoms with Gasteiger partial charge in [0.1, 0.15) is 11.9 Å². The summed E-state index contributed by atoms with van der Waals surface area (Å²) >= 11 is 0. The van der Waals surface area contributed by atoms with Gasteiger partial charge in [0.15, 0.2) is 17.2 Å². The van der Waals surface area contributed by atoms with E-state index in [4.69, 9.17) is 9.90 Å². The van der Waals surface area contributed by atoms with Gasteiger partial charge in [0.05, 0.1) is 17.9 Å². The molecule has 5 rings (SSSR count). The number of hydrogen-bond donors (Lipinski definition) is 5. The van der Waals surface area contributed by atoms with Gasteiger partial charge in [0, 0.05) is 31.8 Å². The molecule has 1 saturated carbocycles. The van der Waals surface area contributed by atoms with Crippen molar-refractivity contribution in [1.29, 1.82) is 0 Å². The zero-order valence-corrected chi connectivity index (χ0v) is 20.6. The number of imidazole rings is 1. The number of hydrogen-bond acceptors (Lipinski definition) is 8. The van der Waals surface area contributed by atoms with E-state index in [-0.39, 0.29) is 17.3 Å². The Kier molecular flexibility index (Phi) is 8.03. The largest absolute Gasteiger partial charge is 0.490 e. The lowest BCUT2D eigenvalue weighted by atomic mass is 10.1. The Morgan fingerprint density at radius 3 is 2.46 bits per heavy atom. The fraction of sp³-hybridized carbons (Fsp3) is 0.435. The monoisotopic (exact) mass is 554 g/mol. The number of piperidine rings is 1. The van der Waals surface area contributed by atoms with Crippen LogP contribution in [-0.2, 0) is 4.79 Å². The van der Waals surface area contributed by atoms with Crippen LogP contribution in [0.25, 0.3) is 5.65 Å². The summed E-state index contributed by atoms with van der Waals surface area (Å²) < 4.78 is 48.1. The van der Waals surface area contributed by atoms with Gasteiger partial charge in [0.2, 0.25) is 0 Å². The predicted octanol–water partition coefficient (Wildman–Crippen LogP) is 2.07. The highest BCUT2D eigenvalue weighted by atomic mass is 19.4. The minimum atomic E-state index is -5.08. The molecule has 16 heteroatoms. The van der Waals surface area contributed by atoms with Crippen molar-refractivity contribution in [1.82, 2.24) is 29.8 Å². The van der Waals surface area contributed by atoms with Gasteiger partial charge in [-0.15, -0.1) is 5.10 Å². The van der Waals surface area contributed by atoms with Gasteiger partial charge in [-0.3, -0.25) is 9.59 Å². The van der Waals surface area contributed by atoms with Crippen LogP contribution in [0.2, 0.25) is 0 Å². The number of nitrogens with one attached hydrogen (secondary N) is 4. The summed E-state index contributed by atoms with van der Waals surface area (Å²) in [7, 11) is 1.73. The van der Waals surface area contributed by atoms with Gasteiger partial charge >= 0.3 is 12.1 Å². The van der Waals surface area contributed by atoms with E-state index >= 15 is 0 Å². The summed E-state index contributed by atoms with van der Waals surface area (Å²) in [5, 5.41) is 23.7. The van der Waals surface area contributed by atoms with Crippen LogP contribution < -0.4 is 26.8 Å². The van der Waals surface area contributed by atoms with Crippen LogP contribution in [0.3, 0.4) is 0 Å². The molecule has 4 heterocycles. The van der Waals surface area contributed by atoms with E-state index in [0.29, 0.717) is 29.3 Å². The second-order valence-corrected chi connectivity index (χ2v) is 8.95. The van der Waals surface area contributed by atoms with Crippen molar-refractivity contribution in [2.75, 3.05) is 30.8 Å². The lowest BCUT2D eigenvalue weighted by Gasteiger charge is -2.25. The average Bonchev–Trinajstić information content (AvgIpc) is 3.41. The van der Waals surface area contributed by atoms with E-state index in [1.807, 2.05) is 12.3 Å². The molecule has 1 saturated heterocycles. The number of carboxylic acids is 1. The van der Waals surface area contributed by atoms with Crippen molar-refractivity contribution in [2.24, 2.45) is 0 Å². The molecule has 2 fully saturated rings. The third kappa shape index (κ3) is 6.45. The first-order chi connectivity index (χ1) is 18.5. The maximum absolute atomic E-state index is 13.2. The number of fused-ring (bicyclic) bond motifs is 1. The number of pyridine rings is 1. The number of carbonyl (C=O) groups excluding carboxylic acids is 1. The first-order valence-electron chi connectivity index (χ1n) is 12.0. The maximum Gasteiger partial charge on any atom is 0.490 e. The number of carboxylic acid groups (broad SMARTS) is 1. The van der Waals surface area contributed by atoms with Gasteiger partial charge in [-0.05, 0) is 38.1 Å². The fourth-order valence-electron chi connectivity index (χ4n) is 4.04.